The van der Waals surface area contributed by atoms with Gasteiger partial charge in [-0.1, -0.05) is 11.6 Å². The Labute approximate surface area is 94.2 Å². The van der Waals surface area contributed by atoms with Crippen LogP contribution in [0, 0.1) is 0 Å². The third kappa shape index (κ3) is 1.77. The second-order valence-corrected chi connectivity index (χ2v) is 4.24. The molecule has 0 saturated carbocycles. The quantitative estimate of drug-likeness (QED) is 0.797. The highest BCUT2D eigenvalue weighted by Crippen LogP contribution is 2.40. The first-order valence-electron chi connectivity index (χ1n) is 4.89. The first-order valence-corrected chi connectivity index (χ1v) is 5.27. The van der Waals surface area contributed by atoms with Gasteiger partial charge in [-0.05, 0) is 30.7 Å². The number of likely N-dealkylation sites (N-methyl/N-ethyl adjacent to an activating group) is 1. The van der Waals surface area contributed by atoms with Crippen molar-refractivity contribution in [2.24, 2.45) is 0 Å². The molecule has 0 spiro atoms. The lowest BCUT2D eigenvalue weighted by molar-refractivity contribution is 0.309. The number of ether oxygens (including phenoxy) is 1. The molecule has 4 heteroatoms. The topological polar surface area (TPSA) is 32.7 Å². The maximum absolute atomic E-state index is 9.76. The maximum Gasteiger partial charge on any atom is 0.177 e. The fraction of sp³-hybridized carbons (Fsp3) is 0.455. The van der Waals surface area contributed by atoms with Crippen LogP contribution in [0.5, 0.6) is 11.5 Å². The zero-order valence-electron chi connectivity index (χ0n) is 8.88. The van der Waals surface area contributed by atoms with Gasteiger partial charge in [-0.25, -0.2) is 0 Å². The van der Waals surface area contributed by atoms with Crippen LogP contribution in [-0.2, 0) is 13.0 Å². The second kappa shape index (κ2) is 3.91. The van der Waals surface area contributed by atoms with Gasteiger partial charge in [-0.2, -0.15) is 0 Å². The van der Waals surface area contributed by atoms with Gasteiger partial charge < -0.3 is 14.7 Å². The SMILES string of the molecule is COc1cc2c(c(Cl)c1O)CN(C)CC2. The Morgan fingerprint density at radius 3 is 2.93 bits per heavy atom. The Morgan fingerprint density at radius 1 is 1.53 bits per heavy atom. The molecule has 0 radical (unpaired) electrons. The van der Waals surface area contributed by atoms with Crippen molar-refractivity contribution in [3.8, 4) is 11.5 Å². The second-order valence-electron chi connectivity index (χ2n) is 3.87. The molecule has 1 aliphatic rings. The number of hydrogen-bond acceptors (Lipinski definition) is 3. The highest BCUT2D eigenvalue weighted by Gasteiger charge is 2.21. The number of halogens is 1. The molecule has 15 heavy (non-hydrogen) atoms. The van der Waals surface area contributed by atoms with Gasteiger partial charge in [0.1, 0.15) is 0 Å². The van der Waals surface area contributed by atoms with Crippen molar-refractivity contribution >= 4 is 11.6 Å². The summed E-state index contributed by atoms with van der Waals surface area (Å²) in [5.41, 5.74) is 2.19. The van der Waals surface area contributed by atoms with Crippen LogP contribution in [0.3, 0.4) is 0 Å². The zero-order valence-corrected chi connectivity index (χ0v) is 9.64. The summed E-state index contributed by atoms with van der Waals surface area (Å²) < 4.78 is 5.07. The van der Waals surface area contributed by atoms with E-state index >= 15 is 0 Å². The number of benzene rings is 1. The maximum atomic E-state index is 9.76. The van der Waals surface area contributed by atoms with Gasteiger partial charge in [0, 0.05) is 13.1 Å². The Bertz CT molecular complexity index is 393. The van der Waals surface area contributed by atoms with E-state index in [1.807, 2.05) is 13.1 Å². The van der Waals surface area contributed by atoms with Crippen LogP contribution >= 0.6 is 11.6 Å². The molecular weight excluding hydrogens is 214 g/mol. The minimum Gasteiger partial charge on any atom is -0.503 e. The Hall–Kier alpha value is -0.930. The van der Waals surface area contributed by atoms with Gasteiger partial charge in [0.2, 0.25) is 0 Å². The lowest BCUT2D eigenvalue weighted by Crippen LogP contribution is -2.26. The van der Waals surface area contributed by atoms with Crippen molar-refractivity contribution in [2.45, 2.75) is 13.0 Å². The minimum absolute atomic E-state index is 0.0493. The van der Waals surface area contributed by atoms with Crippen LogP contribution in [0.15, 0.2) is 6.07 Å². The number of nitrogens with zero attached hydrogens (tertiary/aromatic N) is 1. The molecule has 0 bridgehead atoms. The summed E-state index contributed by atoms with van der Waals surface area (Å²) in [6.07, 6.45) is 0.947. The van der Waals surface area contributed by atoms with Crippen LogP contribution in [0.1, 0.15) is 11.1 Å². The van der Waals surface area contributed by atoms with Gasteiger partial charge >= 0.3 is 0 Å². The summed E-state index contributed by atoms with van der Waals surface area (Å²) in [5.74, 6) is 0.511. The summed E-state index contributed by atoms with van der Waals surface area (Å²) in [4.78, 5) is 2.18. The summed E-state index contributed by atoms with van der Waals surface area (Å²) in [6.45, 7) is 1.79. The smallest absolute Gasteiger partial charge is 0.177 e. The molecule has 0 aromatic heterocycles. The van der Waals surface area contributed by atoms with Crippen LogP contribution in [0.4, 0.5) is 0 Å². The lowest BCUT2D eigenvalue weighted by Gasteiger charge is -2.26. The molecule has 1 aliphatic heterocycles. The van der Waals surface area contributed by atoms with Crippen molar-refractivity contribution in [2.75, 3.05) is 20.7 Å². The van der Waals surface area contributed by atoms with E-state index < -0.39 is 0 Å². The number of aromatic hydroxyl groups is 1. The first kappa shape index (κ1) is 10.6. The third-order valence-electron chi connectivity index (χ3n) is 2.81. The Morgan fingerprint density at radius 2 is 2.27 bits per heavy atom. The van der Waals surface area contributed by atoms with Crippen LogP contribution in [0.2, 0.25) is 5.02 Å². The number of rotatable bonds is 1. The Kier molecular flexibility index (Phi) is 2.76. The number of phenolic OH excluding ortho intramolecular Hbond substituents is 1. The number of hydrogen-bond donors (Lipinski definition) is 1. The summed E-state index contributed by atoms with van der Waals surface area (Å²) >= 11 is 6.10. The fourth-order valence-electron chi connectivity index (χ4n) is 1.92. The van der Waals surface area contributed by atoms with E-state index in [1.54, 1.807) is 0 Å². The van der Waals surface area contributed by atoms with Gasteiger partial charge in [-0.3, -0.25) is 0 Å². The number of phenols is 1. The van der Waals surface area contributed by atoms with Gasteiger partial charge in [0.25, 0.3) is 0 Å². The summed E-state index contributed by atoms with van der Waals surface area (Å²) in [6, 6.07) is 1.88. The molecule has 0 saturated heterocycles. The molecule has 1 N–H and O–H groups in total. The molecule has 1 heterocycles. The van der Waals surface area contributed by atoms with Crippen molar-refractivity contribution in [3.63, 3.8) is 0 Å². The van der Waals surface area contributed by atoms with E-state index in [1.165, 1.54) is 12.7 Å². The van der Waals surface area contributed by atoms with Gasteiger partial charge in [0.15, 0.2) is 11.5 Å². The minimum atomic E-state index is 0.0493. The Balaban J connectivity index is 2.53. The highest BCUT2D eigenvalue weighted by atomic mass is 35.5. The standard InChI is InChI=1S/C11H14ClNO2/c1-13-4-3-7-5-9(15-2)11(14)10(12)8(7)6-13/h5,14H,3-4,6H2,1-2H3. The molecule has 0 fully saturated rings. The highest BCUT2D eigenvalue weighted by molar-refractivity contribution is 6.33. The van der Waals surface area contributed by atoms with Crippen LogP contribution in [0.25, 0.3) is 0 Å². The molecule has 0 atom stereocenters. The van der Waals surface area contributed by atoms with E-state index in [2.05, 4.69) is 4.90 Å². The summed E-state index contributed by atoms with van der Waals surface area (Å²) in [5, 5.41) is 10.2. The zero-order chi connectivity index (χ0) is 11.0. The van der Waals surface area contributed by atoms with E-state index in [0.717, 1.165) is 25.1 Å². The van der Waals surface area contributed by atoms with Gasteiger partial charge in [0.05, 0.1) is 12.1 Å². The third-order valence-corrected chi connectivity index (χ3v) is 3.22. The normalized spacial score (nSPS) is 16.2. The van der Waals surface area contributed by atoms with E-state index in [0.29, 0.717) is 10.8 Å². The number of methoxy groups -OCH3 is 1. The van der Waals surface area contributed by atoms with E-state index in [4.69, 9.17) is 16.3 Å². The predicted octanol–water partition coefficient (Wildman–Crippen LogP) is 2.04. The van der Waals surface area contributed by atoms with E-state index in [9.17, 15) is 5.11 Å². The summed E-state index contributed by atoms with van der Waals surface area (Å²) in [7, 11) is 3.58. The molecule has 2 rings (SSSR count). The molecule has 3 nitrogen and oxygen atoms in total. The molecule has 0 unspecified atom stereocenters. The average molecular weight is 228 g/mol. The monoisotopic (exact) mass is 227 g/mol. The molecule has 0 aliphatic carbocycles. The van der Waals surface area contributed by atoms with Crippen molar-refractivity contribution in [3.05, 3.63) is 22.2 Å². The van der Waals surface area contributed by atoms with Crippen molar-refractivity contribution < 1.29 is 9.84 Å². The molecule has 1 aromatic carbocycles. The van der Waals surface area contributed by atoms with Crippen molar-refractivity contribution in [1.82, 2.24) is 4.90 Å². The largest absolute Gasteiger partial charge is 0.503 e. The van der Waals surface area contributed by atoms with Crippen molar-refractivity contribution in [1.29, 1.82) is 0 Å². The molecule has 0 amide bonds. The lowest BCUT2D eigenvalue weighted by atomic mass is 9.99. The molecule has 82 valence electrons. The molecular formula is C11H14ClNO2. The average Bonchev–Trinajstić information content (AvgIpc) is 2.24. The molecule has 1 aromatic rings. The predicted molar refractivity (Wildman–Crippen MR) is 59.7 cm³/mol. The van der Waals surface area contributed by atoms with Gasteiger partial charge in [-0.15, -0.1) is 0 Å². The van der Waals surface area contributed by atoms with E-state index in [-0.39, 0.29) is 5.75 Å². The number of fused-ring (bicyclic) bond motifs is 1. The first-order chi connectivity index (χ1) is 7.13. The van der Waals surface area contributed by atoms with Crippen LogP contribution < -0.4 is 4.74 Å². The van der Waals surface area contributed by atoms with Crippen LogP contribution in [-0.4, -0.2) is 30.7 Å². The fourth-order valence-corrected chi connectivity index (χ4v) is 2.19.